The van der Waals surface area contributed by atoms with Crippen molar-refractivity contribution in [1.29, 1.82) is 0 Å². The van der Waals surface area contributed by atoms with Gasteiger partial charge in [0, 0.05) is 22.9 Å². The third-order valence-corrected chi connectivity index (χ3v) is 11.0. The third-order valence-electron chi connectivity index (χ3n) is 9.18. The number of methoxy groups -OCH3 is 2. The number of ether oxygens (including phenoxy) is 3. The predicted octanol–water partition coefficient (Wildman–Crippen LogP) is 7.15. The van der Waals surface area contributed by atoms with Crippen LogP contribution in [-0.2, 0) is 17.7 Å². The molecule has 3 fully saturated rings. The number of amides is 1. The summed E-state index contributed by atoms with van der Waals surface area (Å²) in [7, 11) is 3.00. The number of benzene rings is 2. The van der Waals surface area contributed by atoms with E-state index in [1.807, 2.05) is 0 Å². The van der Waals surface area contributed by atoms with Crippen molar-refractivity contribution in [3.8, 4) is 11.5 Å². The van der Waals surface area contributed by atoms with Gasteiger partial charge in [-0.05, 0) is 79.7 Å². The standard InChI is InChI=1S/C35H34Cl2FN3O7S/c1-46-30-8-7-21(13-31(30)47-2)23(15-25-26(36)17-40(45)18-27(25)37)24-14-22(49-33(24)34(42)43)16-41(29-6-4-3-5-28(29)38)35(44)48-32-19-39-11-9-20(32)10-12-39/h3-8,13-14,17-18,20,23,32H,9-12,15-16,19H2,1-2H3,(H,42,43)/t23-,32+/m0/s1. The van der Waals surface area contributed by atoms with Gasteiger partial charge < -0.3 is 24.5 Å². The molecule has 2 bridgehead atoms. The van der Waals surface area contributed by atoms with Gasteiger partial charge in [0.25, 0.3) is 0 Å². The minimum absolute atomic E-state index is 0.0103. The lowest BCUT2D eigenvalue weighted by Crippen LogP contribution is -2.53. The van der Waals surface area contributed by atoms with Gasteiger partial charge in [0.2, 0.25) is 0 Å². The van der Waals surface area contributed by atoms with Crippen molar-refractivity contribution in [1.82, 2.24) is 4.90 Å². The number of rotatable bonds is 11. The molecular formula is C35H34Cl2FN3O7S. The number of carbonyl (C=O) groups is 2. The first-order valence-corrected chi connectivity index (χ1v) is 17.2. The number of anilines is 1. The fraction of sp³-hybridized carbons (Fsp3) is 0.343. The normalized spacial score (nSPS) is 18.9. The summed E-state index contributed by atoms with van der Waals surface area (Å²) in [5.41, 5.74) is 1.52. The van der Waals surface area contributed by atoms with Crippen molar-refractivity contribution in [2.75, 3.05) is 38.8 Å². The van der Waals surface area contributed by atoms with E-state index < -0.39 is 23.8 Å². The number of carboxylic acids is 1. The number of carboxylic acid groups (broad SMARTS) is 1. The molecule has 0 spiro atoms. The molecule has 3 saturated heterocycles. The molecule has 0 radical (unpaired) electrons. The van der Waals surface area contributed by atoms with E-state index in [2.05, 4.69) is 4.90 Å². The highest BCUT2D eigenvalue weighted by Crippen LogP contribution is 2.41. The Morgan fingerprint density at radius 2 is 1.78 bits per heavy atom. The summed E-state index contributed by atoms with van der Waals surface area (Å²) in [5, 5.41) is 22.7. The molecule has 10 nitrogen and oxygen atoms in total. The van der Waals surface area contributed by atoms with E-state index in [0.29, 0.717) is 44.3 Å². The summed E-state index contributed by atoms with van der Waals surface area (Å²) in [5.74, 6) is -1.34. The average molecular weight is 731 g/mol. The monoisotopic (exact) mass is 729 g/mol. The van der Waals surface area contributed by atoms with Gasteiger partial charge in [-0.3, -0.25) is 9.80 Å². The highest BCUT2D eigenvalue weighted by atomic mass is 35.5. The number of piperidine rings is 3. The Kier molecular flexibility index (Phi) is 10.5. The van der Waals surface area contributed by atoms with Crippen LogP contribution in [0.3, 0.4) is 0 Å². The number of para-hydroxylation sites is 1. The molecule has 3 aliphatic heterocycles. The molecule has 3 aliphatic rings. The highest BCUT2D eigenvalue weighted by molar-refractivity contribution is 7.14. The number of pyridine rings is 1. The fourth-order valence-electron chi connectivity index (χ4n) is 6.68. The van der Waals surface area contributed by atoms with Crippen molar-refractivity contribution < 1.29 is 38.0 Å². The number of aromatic carboxylic acids is 1. The maximum Gasteiger partial charge on any atom is 0.415 e. The van der Waals surface area contributed by atoms with Crippen LogP contribution in [0.1, 0.15) is 50.0 Å². The number of aromatic nitrogens is 1. The number of thiophene rings is 1. The molecule has 2 atom stereocenters. The lowest BCUT2D eigenvalue weighted by atomic mass is 9.85. The second-order valence-corrected chi connectivity index (χ2v) is 14.0. The van der Waals surface area contributed by atoms with E-state index in [-0.39, 0.29) is 45.6 Å². The molecule has 258 valence electrons. The first-order chi connectivity index (χ1) is 23.6. The molecule has 1 N–H and O–H groups in total. The summed E-state index contributed by atoms with van der Waals surface area (Å²) < 4.78 is 32.7. The lowest BCUT2D eigenvalue weighted by Gasteiger charge is -2.44. The minimum Gasteiger partial charge on any atom is -0.619 e. The molecule has 49 heavy (non-hydrogen) atoms. The van der Waals surface area contributed by atoms with Gasteiger partial charge in [-0.25, -0.2) is 14.0 Å². The van der Waals surface area contributed by atoms with Crippen LogP contribution < -0.4 is 19.1 Å². The van der Waals surface area contributed by atoms with Gasteiger partial charge in [0.15, 0.2) is 23.9 Å². The summed E-state index contributed by atoms with van der Waals surface area (Å²) in [6, 6.07) is 12.8. The largest absolute Gasteiger partial charge is 0.619 e. The van der Waals surface area contributed by atoms with Gasteiger partial charge in [-0.2, -0.15) is 4.73 Å². The van der Waals surface area contributed by atoms with E-state index in [1.165, 1.54) is 49.7 Å². The van der Waals surface area contributed by atoms with E-state index >= 15 is 4.39 Å². The second-order valence-electron chi connectivity index (χ2n) is 12.1. The second kappa shape index (κ2) is 14.8. The average Bonchev–Trinajstić information content (AvgIpc) is 3.51. The molecule has 14 heteroatoms. The van der Waals surface area contributed by atoms with Crippen LogP contribution in [0.4, 0.5) is 14.9 Å². The van der Waals surface area contributed by atoms with E-state index in [0.717, 1.165) is 37.3 Å². The van der Waals surface area contributed by atoms with Crippen molar-refractivity contribution in [3.05, 3.63) is 108 Å². The van der Waals surface area contributed by atoms with Gasteiger partial charge in [-0.15, -0.1) is 11.3 Å². The fourth-order valence-corrected chi connectivity index (χ4v) is 8.33. The SMILES string of the molecule is COc1ccc([C@H](Cc2c(Cl)c[n+]([O-])cc2Cl)c2cc(CN(C(=O)O[C@@H]3CN4CCC3CC4)c3ccccc3F)sc2C(=O)O)cc1OC. The van der Waals surface area contributed by atoms with Crippen molar-refractivity contribution in [2.24, 2.45) is 5.92 Å². The number of hydrogen-bond acceptors (Lipinski definition) is 8. The van der Waals surface area contributed by atoms with Crippen LogP contribution in [0.5, 0.6) is 11.5 Å². The zero-order valence-corrected chi connectivity index (χ0v) is 29.1. The predicted molar refractivity (Wildman–Crippen MR) is 184 cm³/mol. The van der Waals surface area contributed by atoms with Gasteiger partial charge in [0.05, 0.1) is 26.5 Å². The topological polar surface area (TPSA) is 115 Å². The quantitative estimate of drug-likeness (QED) is 0.128. The van der Waals surface area contributed by atoms with Crippen molar-refractivity contribution in [3.63, 3.8) is 0 Å². The summed E-state index contributed by atoms with van der Waals surface area (Å²) in [4.78, 5) is 30.6. The molecular weight excluding hydrogens is 696 g/mol. The summed E-state index contributed by atoms with van der Waals surface area (Å²) in [6.07, 6.45) is 3.30. The van der Waals surface area contributed by atoms with E-state index in [4.69, 9.17) is 37.4 Å². The molecule has 2 aromatic carbocycles. The number of nitrogens with zero attached hydrogens (tertiary/aromatic N) is 3. The van der Waals surface area contributed by atoms with Crippen molar-refractivity contribution in [2.45, 2.75) is 37.8 Å². The van der Waals surface area contributed by atoms with E-state index in [1.54, 1.807) is 30.3 Å². The Balaban J connectivity index is 1.41. The first-order valence-electron chi connectivity index (χ1n) is 15.7. The zero-order valence-electron chi connectivity index (χ0n) is 26.7. The molecule has 5 heterocycles. The summed E-state index contributed by atoms with van der Waals surface area (Å²) >= 11 is 14.0. The van der Waals surface area contributed by atoms with Crippen molar-refractivity contribution >= 4 is 52.3 Å². The van der Waals surface area contributed by atoms with Crippen LogP contribution in [0.25, 0.3) is 0 Å². The van der Waals surface area contributed by atoms with Crippen LogP contribution >= 0.6 is 34.5 Å². The van der Waals surface area contributed by atoms with E-state index in [9.17, 15) is 19.9 Å². The Morgan fingerprint density at radius 1 is 1.08 bits per heavy atom. The van der Waals surface area contributed by atoms with Crippen LogP contribution in [0.2, 0.25) is 10.0 Å². The number of halogens is 3. The van der Waals surface area contributed by atoms with Crippen LogP contribution in [-0.4, -0.2) is 62.0 Å². The van der Waals surface area contributed by atoms with Crippen LogP contribution in [0, 0.1) is 16.9 Å². The molecule has 0 unspecified atom stereocenters. The molecule has 4 aromatic rings. The van der Waals surface area contributed by atoms with Gasteiger partial charge >= 0.3 is 12.1 Å². The number of fused-ring (bicyclic) bond motifs is 3. The molecule has 2 aromatic heterocycles. The minimum atomic E-state index is -1.19. The van der Waals surface area contributed by atoms with Gasteiger partial charge in [0.1, 0.15) is 26.8 Å². The smallest absolute Gasteiger partial charge is 0.415 e. The molecule has 7 rings (SSSR count). The molecule has 1 amide bonds. The Hall–Kier alpha value is -4.10. The summed E-state index contributed by atoms with van der Waals surface area (Å²) in [6.45, 7) is 2.40. The Labute approximate surface area is 296 Å². The number of hydrogen-bond donors (Lipinski definition) is 1. The third kappa shape index (κ3) is 7.42. The Bertz CT molecular complexity index is 1840. The zero-order chi connectivity index (χ0) is 34.8. The first kappa shape index (κ1) is 34.8. The maximum atomic E-state index is 15.3. The maximum absolute atomic E-state index is 15.3. The Morgan fingerprint density at radius 3 is 2.39 bits per heavy atom. The number of carbonyl (C=O) groups excluding carboxylic acids is 1. The molecule has 0 saturated carbocycles. The van der Waals surface area contributed by atoms with Gasteiger partial charge in [-0.1, -0.05) is 41.4 Å². The molecule has 0 aliphatic carbocycles. The van der Waals surface area contributed by atoms with Crippen LogP contribution in [0.15, 0.2) is 60.9 Å². The lowest BCUT2D eigenvalue weighted by molar-refractivity contribution is -0.605. The highest BCUT2D eigenvalue weighted by Gasteiger charge is 2.38.